The van der Waals surface area contributed by atoms with Crippen molar-refractivity contribution < 1.29 is 0 Å². The van der Waals surface area contributed by atoms with E-state index in [1.54, 1.807) is 0 Å². The lowest BCUT2D eigenvalue weighted by atomic mass is 10.0. The largest absolute Gasteiger partial charge is 0.309 e. The van der Waals surface area contributed by atoms with Gasteiger partial charge >= 0.3 is 0 Å². The Bertz CT molecular complexity index is 3220. The van der Waals surface area contributed by atoms with Gasteiger partial charge in [-0.1, -0.05) is 201 Å². The van der Waals surface area contributed by atoms with E-state index >= 15 is 0 Å². The van der Waals surface area contributed by atoms with E-state index in [9.17, 15) is 0 Å². The Hall–Kier alpha value is -7.99. The number of nitrogens with zero attached hydrogens (tertiary/aromatic N) is 4. The molecule has 0 aliphatic rings. The number of rotatable bonds is 11. The van der Waals surface area contributed by atoms with E-state index in [0.717, 1.165) is 50.5 Å². The molecule has 10 rings (SSSR count). The maximum Gasteiger partial charge on any atom is 0.164 e. The van der Waals surface area contributed by atoms with Gasteiger partial charge in [-0.25, -0.2) is 15.0 Å². The zero-order chi connectivity index (χ0) is 42.5. The summed E-state index contributed by atoms with van der Waals surface area (Å²) in [5, 5.41) is 2.45. The highest BCUT2D eigenvalue weighted by molar-refractivity contribution is 7.27. The molecule has 0 radical (unpaired) electrons. The lowest BCUT2D eigenvalue weighted by Gasteiger charge is -2.27. The van der Waals surface area contributed by atoms with E-state index in [4.69, 9.17) is 15.0 Å². The van der Waals surface area contributed by atoms with Gasteiger partial charge in [-0.05, 0) is 70.6 Å². The summed E-state index contributed by atoms with van der Waals surface area (Å²) in [7, 11) is 0. The first-order valence-corrected chi connectivity index (χ1v) is 21.9. The zero-order valence-corrected chi connectivity index (χ0v) is 35.6. The Morgan fingerprint density at radius 1 is 0.476 bits per heavy atom. The van der Waals surface area contributed by atoms with Crippen molar-refractivity contribution in [2.45, 2.75) is 6.92 Å². The normalized spacial score (nSPS) is 11.7. The van der Waals surface area contributed by atoms with Crippen LogP contribution in [0.5, 0.6) is 0 Å². The molecule has 5 heteroatoms. The second-order valence-corrected chi connectivity index (χ2v) is 16.2. The average molecular weight is 827 g/mol. The van der Waals surface area contributed by atoms with E-state index in [1.165, 1.54) is 36.9 Å². The topological polar surface area (TPSA) is 41.9 Å². The SMILES string of the molecule is C=C/C=C(\C=C\C)c1cccc(N(c2ccc(-c3ccccc3)cc2)c2cccc3c2sc2c(-c4ccc(-c5nc(-c6ccccc6)nc(-c6ccccc6)n5)cc4)cccc23)c1. The summed E-state index contributed by atoms with van der Waals surface area (Å²) in [6, 6.07) is 70.4. The second-order valence-electron chi connectivity index (χ2n) is 15.2. The van der Waals surface area contributed by atoms with Crippen LogP contribution < -0.4 is 4.90 Å². The predicted molar refractivity (Wildman–Crippen MR) is 268 cm³/mol. The maximum atomic E-state index is 4.97. The second kappa shape index (κ2) is 17.5. The van der Waals surface area contributed by atoms with Gasteiger partial charge < -0.3 is 4.90 Å². The van der Waals surface area contributed by atoms with E-state index in [1.807, 2.05) is 85.0 Å². The maximum absolute atomic E-state index is 4.97. The van der Waals surface area contributed by atoms with Crippen LogP contribution in [0.2, 0.25) is 0 Å². The van der Waals surface area contributed by atoms with Crippen LogP contribution in [0.25, 0.3) is 82.2 Å². The molecule has 4 nitrogen and oxygen atoms in total. The Labute approximate surface area is 372 Å². The Balaban J connectivity index is 1.08. The number of aromatic nitrogens is 3. The van der Waals surface area contributed by atoms with Gasteiger partial charge in [0.25, 0.3) is 0 Å². The van der Waals surface area contributed by atoms with Crippen LogP contribution in [-0.2, 0) is 0 Å². The molecule has 8 aromatic carbocycles. The molecule has 0 amide bonds. The fourth-order valence-electron chi connectivity index (χ4n) is 8.19. The fourth-order valence-corrected chi connectivity index (χ4v) is 9.52. The average Bonchev–Trinajstić information content (AvgIpc) is 3.75. The van der Waals surface area contributed by atoms with Crippen molar-refractivity contribution in [3.8, 4) is 56.4 Å². The number of thiophene rings is 1. The lowest BCUT2D eigenvalue weighted by molar-refractivity contribution is 1.07. The van der Waals surface area contributed by atoms with E-state index in [-0.39, 0.29) is 0 Å². The van der Waals surface area contributed by atoms with E-state index in [0.29, 0.717) is 17.5 Å². The van der Waals surface area contributed by atoms with Gasteiger partial charge in [-0.15, -0.1) is 11.3 Å². The molecular formula is C58H42N4S. The standard InChI is InChI=1S/C58H42N4S/c1-3-17-40(18-4-2)47-25-14-26-49(39-47)62(48-37-35-42(36-38-48)41-19-8-5-9-20-41)53-30-16-29-52-51-28-15-27-50(54(51)63-55(52)53)43-31-33-46(34-32-43)58-60-56(44-21-10-6-11-22-44)59-57(61-58)45-23-12-7-13-24-45/h3-39H,1H2,2H3/b18-4+,40-17+. The minimum Gasteiger partial charge on any atom is -0.309 e. The zero-order valence-electron chi connectivity index (χ0n) is 34.8. The first kappa shape index (κ1) is 39.2. The van der Waals surface area contributed by atoms with Crippen LogP contribution in [0.3, 0.4) is 0 Å². The number of benzene rings is 8. The predicted octanol–water partition coefficient (Wildman–Crippen LogP) is 16.2. The molecule has 300 valence electrons. The van der Waals surface area contributed by atoms with Crippen molar-refractivity contribution in [1.82, 2.24) is 15.0 Å². The molecule has 0 unspecified atom stereocenters. The minimum atomic E-state index is 0.637. The van der Waals surface area contributed by atoms with Gasteiger partial charge in [0.1, 0.15) is 0 Å². The Morgan fingerprint density at radius 2 is 0.984 bits per heavy atom. The summed E-state index contributed by atoms with van der Waals surface area (Å²) in [5.74, 6) is 1.93. The summed E-state index contributed by atoms with van der Waals surface area (Å²) < 4.78 is 2.46. The van der Waals surface area contributed by atoms with Gasteiger partial charge in [0, 0.05) is 43.5 Å². The smallest absolute Gasteiger partial charge is 0.164 e. The molecule has 2 aromatic heterocycles. The van der Waals surface area contributed by atoms with Crippen LogP contribution in [0.15, 0.2) is 231 Å². The molecule has 10 aromatic rings. The molecule has 63 heavy (non-hydrogen) atoms. The molecule has 0 atom stereocenters. The van der Waals surface area contributed by atoms with Gasteiger partial charge in [-0.2, -0.15) is 0 Å². The molecule has 0 saturated carbocycles. The molecule has 0 spiro atoms. The quantitative estimate of drug-likeness (QED) is 0.122. The van der Waals surface area contributed by atoms with Gasteiger partial charge in [0.05, 0.1) is 10.4 Å². The summed E-state index contributed by atoms with van der Waals surface area (Å²) >= 11 is 1.84. The molecular weight excluding hydrogens is 785 g/mol. The van der Waals surface area contributed by atoms with Crippen LogP contribution in [-0.4, -0.2) is 15.0 Å². The van der Waals surface area contributed by atoms with Crippen LogP contribution in [0, 0.1) is 0 Å². The minimum absolute atomic E-state index is 0.637. The number of hydrogen-bond acceptors (Lipinski definition) is 5. The van der Waals surface area contributed by atoms with Crippen LogP contribution in [0.4, 0.5) is 17.1 Å². The molecule has 0 saturated heterocycles. The van der Waals surface area contributed by atoms with Gasteiger partial charge in [0.15, 0.2) is 17.5 Å². The van der Waals surface area contributed by atoms with E-state index < -0.39 is 0 Å². The summed E-state index contributed by atoms with van der Waals surface area (Å²) in [6.07, 6.45) is 8.12. The highest BCUT2D eigenvalue weighted by Gasteiger charge is 2.20. The van der Waals surface area contributed by atoms with E-state index in [2.05, 4.69) is 169 Å². The van der Waals surface area contributed by atoms with Crippen molar-refractivity contribution in [3.63, 3.8) is 0 Å². The highest BCUT2D eigenvalue weighted by atomic mass is 32.1. The van der Waals surface area contributed by atoms with Crippen molar-refractivity contribution in [2.75, 3.05) is 4.90 Å². The number of fused-ring (bicyclic) bond motifs is 3. The van der Waals surface area contributed by atoms with Crippen molar-refractivity contribution in [3.05, 3.63) is 237 Å². The summed E-state index contributed by atoms with van der Waals surface area (Å²) in [6.45, 7) is 6.04. The monoisotopic (exact) mass is 826 g/mol. The van der Waals surface area contributed by atoms with Gasteiger partial charge in [-0.3, -0.25) is 0 Å². The molecule has 2 heterocycles. The first-order chi connectivity index (χ1) is 31.1. The third kappa shape index (κ3) is 7.90. The molecule has 0 N–H and O–H groups in total. The molecule has 0 aliphatic heterocycles. The molecule has 0 bridgehead atoms. The lowest BCUT2D eigenvalue weighted by Crippen LogP contribution is -2.10. The number of anilines is 3. The van der Waals surface area contributed by atoms with Crippen molar-refractivity contribution in [1.29, 1.82) is 0 Å². The molecule has 0 aliphatic carbocycles. The first-order valence-electron chi connectivity index (χ1n) is 21.1. The number of allylic oxidation sites excluding steroid dienone is 5. The van der Waals surface area contributed by atoms with Crippen molar-refractivity contribution >= 4 is 54.1 Å². The Kier molecular flexibility index (Phi) is 10.9. The summed E-state index contributed by atoms with van der Waals surface area (Å²) in [5.41, 5.74) is 13.0. The van der Waals surface area contributed by atoms with Crippen LogP contribution in [0.1, 0.15) is 12.5 Å². The third-order valence-corrected chi connectivity index (χ3v) is 12.5. The highest BCUT2D eigenvalue weighted by Crippen LogP contribution is 2.47. The number of hydrogen-bond donors (Lipinski definition) is 0. The summed E-state index contributed by atoms with van der Waals surface area (Å²) in [4.78, 5) is 17.2. The van der Waals surface area contributed by atoms with Crippen LogP contribution >= 0.6 is 11.3 Å². The molecule has 0 fully saturated rings. The van der Waals surface area contributed by atoms with Crippen molar-refractivity contribution in [2.24, 2.45) is 0 Å². The Morgan fingerprint density at radius 3 is 1.59 bits per heavy atom. The third-order valence-electron chi connectivity index (χ3n) is 11.2. The van der Waals surface area contributed by atoms with Gasteiger partial charge in [0.2, 0.25) is 0 Å². The fraction of sp³-hybridized carbons (Fsp3) is 0.0172.